The van der Waals surface area contributed by atoms with Crippen molar-refractivity contribution in [1.82, 2.24) is 10.3 Å². The molecule has 0 aliphatic heterocycles. The van der Waals surface area contributed by atoms with Crippen LogP contribution in [0.2, 0.25) is 0 Å². The molecule has 29 heavy (non-hydrogen) atoms. The Hall–Kier alpha value is -3.44. The van der Waals surface area contributed by atoms with Gasteiger partial charge in [-0.05, 0) is 67.7 Å². The Balaban J connectivity index is 1.57. The van der Waals surface area contributed by atoms with E-state index in [4.69, 9.17) is 17.0 Å². The number of hydrogen-bond donors (Lipinski definition) is 3. The number of nitrogens with zero attached hydrogens (tertiary/aromatic N) is 2. The Bertz CT molecular complexity index is 1050. The third kappa shape index (κ3) is 5.53. The summed E-state index contributed by atoms with van der Waals surface area (Å²) in [4.78, 5) is 4.54. The summed E-state index contributed by atoms with van der Waals surface area (Å²) in [5.74, 6) is 0.963. The van der Waals surface area contributed by atoms with Gasteiger partial charge in [0.2, 0.25) is 0 Å². The van der Waals surface area contributed by atoms with E-state index in [1.165, 1.54) is 12.1 Å². The Labute approximate surface area is 173 Å². The van der Waals surface area contributed by atoms with Crippen LogP contribution in [-0.4, -0.2) is 29.8 Å². The van der Waals surface area contributed by atoms with Gasteiger partial charge >= 0.3 is 0 Å². The molecule has 8 heteroatoms. The fourth-order valence-corrected chi connectivity index (χ4v) is 2.92. The van der Waals surface area contributed by atoms with Gasteiger partial charge in [0.15, 0.2) is 5.11 Å². The maximum absolute atomic E-state index is 12.9. The quantitative estimate of drug-likeness (QED) is 0.401. The summed E-state index contributed by atoms with van der Waals surface area (Å²) >= 11 is 5.22. The highest BCUT2D eigenvalue weighted by Gasteiger charge is 2.08. The van der Waals surface area contributed by atoms with E-state index in [1.807, 2.05) is 25.1 Å². The van der Waals surface area contributed by atoms with Crippen LogP contribution in [0.15, 0.2) is 48.5 Å². The Morgan fingerprint density at radius 3 is 2.69 bits per heavy atom. The summed E-state index contributed by atoms with van der Waals surface area (Å²) in [7, 11) is 0. The molecular weight excluding hydrogens is 389 g/mol. The van der Waals surface area contributed by atoms with E-state index >= 15 is 0 Å². The average Bonchev–Trinajstić information content (AvgIpc) is 2.72. The van der Waals surface area contributed by atoms with Crippen molar-refractivity contribution < 1.29 is 9.13 Å². The van der Waals surface area contributed by atoms with E-state index < -0.39 is 0 Å². The smallest absolute Gasteiger partial charge is 0.170 e. The van der Waals surface area contributed by atoms with Crippen LogP contribution in [0, 0.1) is 17.1 Å². The number of fused-ring (bicyclic) bond motifs is 1. The maximum Gasteiger partial charge on any atom is 0.170 e. The first-order valence-corrected chi connectivity index (χ1v) is 9.52. The molecule has 0 bridgehead atoms. The van der Waals surface area contributed by atoms with Crippen LogP contribution in [0.4, 0.5) is 15.9 Å². The Morgan fingerprint density at radius 2 is 1.97 bits per heavy atom. The van der Waals surface area contributed by atoms with E-state index in [2.05, 4.69) is 27.0 Å². The number of anilines is 2. The molecule has 1 heterocycles. The minimum absolute atomic E-state index is 0.302. The highest BCUT2D eigenvalue weighted by molar-refractivity contribution is 7.80. The first-order valence-electron chi connectivity index (χ1n) is 9.11. The third-order valence-electron chi connectivity index (χ3n) is 4.02. The molecule has 0 aliphatic rings. The SMILES string of the molecule is CCOc1ccc2nc(NCCNC(=S)Nc3ccc(F)cc3)c(C#N)cc2c1. The zero-order valence-electron chi connectivity index (χ0n) is 15.8. The first kappa shape index (κ1) is 20.3. The van der Waals surface area contributed by atoms with Crippen LogP contribution in [0.25, 0.3) is 10.9 Å². The van der Waals surface area contributed by atoms with Crippen molar-refractivity contribution in [1.29, 1.82) is 5.26 Å². The number of benzene rings is 2. The van der Waals surface area contributed by atoms with Crippen LogP contribution < -0.4 is 20.7 Å². The van der Waals surface area contributed by atoms with Crippen molar-refractivity contribution >= 4 is 39.7 Å². The molecule has 1 aromatic heterocycles. The van der Waals surface area contributed by atoms with Crippen LogP contribution in [0.1, 0.15) is 12.5 Å². The lowest BCUT2D eigenvalue weighted by molar-refractivity contribution is 0.340. The van der Waals surface area contributed by atoms with Gasteiger partial charge in [0, 0.05) is 24.2 Å². The fraction of sp³-hybridized carbons (Fsp3) is 0.190. The van der Waals surface area contributed by atoms with Crippen LogP contribution in [-0.2, 0) is 0 Å². The lowest BCUT2D eigenvalue weighted by atomic mass is 10.1. The number of nitrogens with one attached hydrogen (secondary N) is 3. The number of nitriles is 1. The van der Waals surface area contributed by atoms with E-state index in [9.17, 15) is 9.65 Å². The zero-order valence-corrected chi connectivity index (χ0v) is 16.6. The van der Waals surface area contributed by atoms with Gasteiger partial charge in [0.05, 0.1) is 17.7 Å². The summed E-state index contributed by atoms with van der Waals surface area (Å²) in [6.07, 6.45) is 0. The van der Waals surface area contributed by atoms with Crippen molar-refractivity contribution in [2.45, 2.75) is 6.92 Å². The summed E-state index contributed by atoms with van der Waals surface area (Å²) in [6, 6.07) is 15.5. The molecule has 0 saturated carbocycles. The van der Waals surface area contributed by atoms with Gasteiger partial charge in [-0.25, -0.2) is 9.37 Å². The van der Waals surface area contributed by atoms with Gasteiger partial charge < -0.3 is 20.7 Å². The molecule has 2 aromatic carbocycles. The number of halogens is 1. The molecular formula is C21H20FN5OS. The molecule has 3 rings (SSSR count). The molecule has 148 valence electrons. The van der Waals surface area contributed by atoms with E-state index in [1.54, 1.807) is 18.2 Å². The molecule has 3 N–H and O–H groups in total. The molecule has 0 fully saturated rings. The first-order chi connectivity index (χ1) is 14.1. The topological polar surface area (TPSA) is 82.0 Å². The third-order valence-corrected chi connectivity index (χ3v) is 4.27. The van der Waals surface area contributed by atoms with E-state index in [-0.39, 0.29) is 5.82 Å². The molecule has 0 atom stereocenters. The molecule has 0 radical (unpaired) electrons. The number of aromatic nitrogens is 1. The van der Waals surface area contributed by atoms with Crippen molar-refractivity contribution in [2.24, 2.45) is 0 Å². The predicted molar refractivity (Wildman–Crippen MR) is 117 cm³/mol. The van der Waals surface area contributed by atoms with Gasteiger partial charge in [0.1, 0.15) is 23.5 Å². The molecule has 0 saturated heterocycles. The second-order valence-electron chi connectivity index (χ2n) is 6.10. The van der Waals surface area contributed by atoms with Crippen molar-refractivity contribution in [3.63, 3.8) is 0 Å². The molecule has 0 unspecified atom stereocenters. The standard InChI is InChI=1S/C21H20FN5OS/c1-2-28-18-7-8-19-14(12-18)11-15(13-23)20(27-19)24-9-10-25-21(29)26-17-5-3-16(22)4-6-17/h3-8,11-12H,2,9-10H2,1H3,(H,24,27)(H2,25,26,29). The lowest BCUT2D eigenvalue weighted by Gasteiger charge is -2.12. The summed E-state index contributed by atoms with van der Waals surface area (Å²) in [5.41, 5.74) is 1.93. The zero-order chi connectivity index (χ0) is 20.6. The number of ether oxygens (including phenoxy) is 1. The minimum Gasteiger partial charge on any atom is -0.494 e. The Morgan fingerprint density at radius 1 is 1.17 bits per heavy atom. The molecule has 0 amide bonds. The van der Waals surface area contributed by atoms with Gasteiger partial charge in [-0.15, -0.1) is 0 Å². The van der Waals surface area contributed by atoms with Gasteiger partial charge in [-0.3, -0.25) is 0 Å². The average molecular weight is 409 g/mol. The normalized spacial score (nSPS) is 10.2. The van der Waals surface area contributed by atoms with Crippen LogP contribution in [0.3, 0.4) is 0 Å². The lowest BCUT2D eigenvalue weighted by Crippen LogP contribution is -2.32. The molecule has 3 aromatic rings. The van der Waals surface area contributed by atoms with Gasteiger partial charge in [-0.1, -0.05) is 0 Å². The maximum atomic E-state index is 12.9. The predicted octanol–water partition coefficient (Wildman–Crippen LogP) is 4.04. The summed E-state index contributed by atoms with van der Waals surface area (Å²) in [5, 5.41) is 19.9. The van der Waals surface area contributed by atoms with Crippen LogP contribution >= 0.6 is 12.2 Å². The number of hydrogen-bond acceptors (Lipinski definition) is 5. The molecule has 6 nitrogen and oxygen atoms in total. The minimum atomic E-state index is -0.302. The fourth-order valence-electron chi connectivity index (χ4n) is 2.70. The number of rotatable bonds is 7. The van der Waals surface area contributed by atoms with Gasteiger partial charge in [0.25, 0.3) is 0 Å². The number of pyridine rings is 1. The van der Waals surface area contributed by atoms with Crippen molar-refractivity contribution in [2.75, 3.05) is 30.3 Å². The molecule has 0 spiro atoms. The van der Waals surface area contributed by atoms with E-state index in [0.717, 1.165) is 16.7 Å². The largest absolute Gasteiger partial charge is 0.494 e. The highest BCUT2D eigenvalue weighted by Crippen LogP contribution is 2.24. The van der Waals surface area contributed by atoms with E-state index in [0.29, 0.717) is 41.9 Å². The van der Waals surface area contributed by atoms with Crippen molar-refractivity contribution in [3.05, 3.63) is 59.9 Å². The van der Waals surface area contributed by atoms with Crippen molar-refractivity contribution in [3.8, 4) is 11.8 Å². The molecule has 0 aliphatic carbocycles. The highest BCUT2D eigenvalue weighted by atomic mass is 32.1. The van der Waals surface area contributed by atoms with Crippen LogP contribution in [0.5, 0.6) is 5.75 Å². The summed E-state index contributed by atoms with van der Waals surface area (Å²) < 4.78 is 18.4. The Kier molecular flexibility index (Phi) is 6.76. The monoisotopic (exact) mass is 409 g/mol. The number of thiocarbonyl (C=S) groups is 1. The second kappa shape index (κ2) is 9.66. The second-order valence-corrected chi connectivity index (χ2v) is 6.51. The summed E-state index contributed by atoms with van der Waals surface area (Å²) in [6.45, 7) is 3.52. The van der Waals surface area contributed by atoms with Gasteiger partial charge in [-0.2, -0.15) is 5.26 Å².